The number of nitro benzene ring substituents is 1. The molecule has 1 heterocycles. The highest BCUT2D eigenvalue weighted by Crippen LogP contribution is 2.36. The Balaban J connectivity index is 2.04. The zero-order valence-corrected chi connectivity index (χ0v) is 16.7. The minimum absolute atomic E-state index is 0.155. The number of nitrogens with zero attached hydrogens (tertiary/aromatic N) is 3. The van der Waals surface area contributed by atoms with Crippen LogP contribution in [0.3, 0.4) is 0 Å². The molecule has 0 spiro atoms. The van der Waals surface area contributed by atoms with Crippen LogP contribution in [0, 0.1) is 35.3 Å². The van der Waals surface area contributed by atoms with Gasteiger partial charge in [-0.05, 0) is 37.1 Å². The summed E-state index contributed by atoms with van der Waals surface area (Å²) in [6.07, 6.45) is 1.46. The summed E-state index contributed by atoms with van der Waals surface area (Å²) in [5.41, 5.74) is 3.90. The number of allylic oxidation sites excluding steroid dienone is 1. The summed E-state index contributed by atoms with van der Waals surface area (Å²) < 4.78 is 4.94. The average Bonchev–Trinajstić information content (AvgIpc) is 3.16. The van der Waals surface area contributed by atoms with Gasteiger partial charge in [-0.15, -0.1) is 11.3 Å². The number of thiazole rings is 1. The molecule has 146 valence electrons. The molecule has 2 aromatic carbocycles. The average molecular weight is 406 g/mol. The quantitative estimate of drug-likeness (QED) is 0.351. The Morgan fingerprint density at radius 3 is 2.69 bits per heavy atom. The summed E-state index contributed by atoms with van der Waals surface area (Å²) in [6.45, 7) is 4.01. The molecule has 0 amide bonds. The molecule has 0 unspecified atom stereocenters. The van der Waals surface area contributed by atoms with E-state index in [0.717, 1.165) is 28.5 Å². The van der Waals surface area contributed by atoms with Crippen LogP contribution < -0.4 is 9.84 Å². The Hall–Kier alpha value is -3.70. The van der Waals surface area contributed by atoms with E-state index in [2.05, 4.69) is 17.1 Å². The van der Waals surface area contributed by atoms with Gasteiger partial charge in [0.25, 0.3) is 5.69 Å². The van der Waals surface area contributed by atoms with Gasteiger partial charge in [-0.3, -0.25) is 10.1 Å². The van der Waals surface area contributed by atoms with Crippen molar-refractivity contribution >= 4 is 28.7 Å². The largest absolute Gasteiger partial charge is 0.865 e. The third kappa shape index (κ3) is 4.10. The van der Waals surface area contributed by atoms with Gasteiger partial charge < -0.3 is 9.84 Å². The first-order chi connectivity index (χ1) is 13.8. The standard InChI is InChI=1S/C21H17N3O4S/c1-12-4-5-16(13(2)6-12)17-11-29-21(23-17)15(10-22)7-14-8-18(24(26)27)20(25)19(9-14)28-3/h4-9,11,25H,1-3H3/p-1/b15-7+. The minimum atomic E-state index is -0.806. The molecule has 0 radical (unpaired) electrons. The predicted molar refractivity (Wildman–Crippen MR) is 110 cm³/mol. The van der Waals surface area contributed by atoms with Crippen molar-refractivity contribution in [3.05, 3.63) is 67.5 Å². The van der Waals surface area contributed by atoms with Crippen LogP contribution in [0.4, 0.5) is 5.69 Å². The van der Waals surface area contributed by atoms with Crippen LogP contribution in [-0.4, -0.2) is 17.0 Å². The van der Waals surface area contributed by atoms with Crippen LogP contribution in [0.25, 0.3) is 22.9 Å². The second-order valence-corrected chi connectivity index (χ2v) is 7.21. The normalized spacial score (nSPS) is 11.2. The topological polar surface area (TPSA) is 112 Å². The number of hydrogen-bond donors (Lipinski definition) is 0. The van der Waals surface area contributed by atoms with Gasteiger partial charge in [0.15, 0.2) is 0 Å². The number of nitriles is 1. The Labute approximate surface area is 171 Å². The number of rotatable bonds is 5. The first kappa shape index (κ1) is 20.0. The highest BCUT2D eigenvalue weighted by atomic mass is 32.1. The van der Waals surface area contributed by atoms with Gasteiger partial charge in [0.05, 0.1) is 23.3 Å². The molecular formula is C21H16N3O4S-. The molecule has 0 N–H and O–H groups in total. The molecule has 0 saturated heterocycles. The van der Waals surface area contributed by atoms with Crippen LogP contribution in [0.2, 0.25) is 0 Å². The Bertz CT molecular complexity index is 1180. The van der Waals surface area contributed by atoms with Crippen molar-refractivity contribution in [3.8, 4) is 28.8 Å². The van der Waals surface area contributed by atoms with Crippen LogP contribution in [0.5, 0.6) is 11.5 Å². The molecular weight excluding hydrogens is 390 g/mol. The summed E-state index contributed by atoms with van der Waals surface area (Å²) in [6, 6.07) is 10.6. The lowest BCUT2D eigenvalue weighted by molar-refractivity contribution is -0.398. The molecule has 0 bridgehead atoms. The lowest BCUT2D eigenvalue weighted by Crippen LogP contribution is -2.01. The fourth-order valence-corrected chi connectivity index (χ4v) is 3.69. The van der Waals surface area contributed by atoms with E-state index in [4.69, 9.17) is 4.74 Å². The van der Waals surface area contributed by atoms with Crippen LogP contribution in [-0.2, 0) is 0 Å². The van der Waals surface area contributed by atoms with Gasteiger partial charge in [0, 0.05) is 22.8 Å². The summed E-state index contributed by atoms with van der Waals surface area (Å²) >= 11 is 1.30. The van der Waals surface area contributed by atoms with Crippen molar-refractivity contribution in [2.45, 2.75) is 13.8 Å². The zero-order chi connectivity index (χ0) is 21.1. The second kappa shape index (κ2) is 8.12. The summed E-state index contributed by atoms with van der Waals surface area (Å²) in [4.78, 5) is 14.9. The molecule has 0 saturated carbocycles. The second-order valence-electron chi connectivity index (χ2n) is 6.35. The number of methoxy groups -OCH3 is 1. The van der Waals surface area contributed by atoms with E-state index in [1.54, 1.807) is 0 Å². The fourth-order valence-electron chi connectivity index (χ4n) is 2.91. The number of hydrogen-bond acceptors (Lipinski definition) is 7. The van der Waals surface area contributed by atoms with E-state index in [0.29, 0.717) is 10.6 Å². The van der Waals surface area contributed by atoms with Crippen molar-refractivity contribution < 1.29 is 14.8 Å². The van der Waals surface area contributed by atoms with Crippen molar-refractivity contribution in [1.82, 2.24) is 4.98 Å². The Morgan fingerprint density at radius 2 is 2.07 bits per heavy atom. The van der Waals surface area contributed by atoms with Crippen molar-refractivity contribution in [2.24, 2.45) is 0 Å². The number of benzene rings is 2. The van der Waals surface area contributed by atoms with Crippen molar-refractivity contribution in [1.29, 1.82) is 5.26 Å². The third-order valence-electron chi connectivity index (χ3n) is 4.30. The van der Waals surface area contributed by atoms with E-state index in [1.807, 2.05) is 31.4 Å². The molecule has 7 nitrogen and oxygen atoms in total. The Morgan fingerprint density at radius 1 is 1.31 bits per heavy atom. The van der Waals surface area contributed by atoms with Crippen molar-refractivity contribution in [2.75, 3.05) is 7.11 Å². The lowest BCUT2D eigenvalue weighted by atomic mass is 10.0. The number of nitro groups is 1. The molecule has 29 heavy (non-hydrogen) atoms. The minimum Gasteiger partial charge on any atom is -0.865 e. The van der Waals surface area contributed by atoms with E-state index >= 15 is 0 Å². The molecule has 0 aliphatic rings. The smallest absolute Gasteiger partial charge is 0.266 e. The third-order valence-corrected chi connectivity index (χ3v) is 5.17. The highest BCUT2D eigenvalue weighted by Gasteiger charge is 2.15. The Kier molecular flexibility index (Phi) is 5.61. The van der Waals surface area contributed by atoms with Crippen molar-refractivity contribution in [3.63, 3.8) is 0 Å². The SMILES string of the molecule is COc1cc(/C=C(\C#N)c2nc(-c3ccc(C)cc3C)cs2)cc([N+](=O)[O-])c1[O-]. The molecule has 8 heteroatoms. The van der Waals surface area contributed by atoms with Gasteiger partial charge in [-0.25, -0.2) is 4.98 Å². The molecule has 1 aromatic heterocycles. The summed E-state index contributed by atoms with van der Waals surface area (Å²) in [5.74, 6) is -0.961. The van der Waals surface area contributed by atoms with Gasteiger partial charge >= 0.3 is 0 Å². The number of aromatic nitrogens is 1. The molecule has 0 aliphatic heterocycles. The maximum Gasteiger partial charge on any atom is 0.266 e. The highest BCUT2D eigenvalue weighted by molar-refractivity contribution is 7.11. The zero-order valence-electron chi connectivity index (χ0n) is 15.9. The molecule has 3 aromatic rings. The monoisotopic (exact) mass is 406 g/mol. The van der Waals surface area contributed by atoms with E-state index in [9.17, 15) is 20.5 Å². The molecule has 0 atom stereocenters. The van der Waals surface area contributed by atoms with Crippen LogP contribution in [0.1, 0.15) is 21.7 Å². The first-order valence-corrected chi connectivity index (χ1v) is 9.40. The number of aryl methyl sites for hydroxylation is 2. The van der Waals surface area contributed by atoms with Gasteiger partial charge in [0.2, 0.25) is 0 Å². The van der Waals surface area contributed by atoms with Gasteiger partial charge in [-0.1, -0.05) is 23.8 Å². The molecule has 0 fully saturated rings. The van der Waals surface area contributed by atoms with Crippen LogP contribution >= 0.6 is 11.3 Å². The first-order valence-electron chi connectivity index (χ1n) is 8.52. The van der Waals surface area contributed by atoms with E-state index in [-0.39, 0.29) is 11.3 Å². The van der Waals surface area contributed by atoms with Gasteiger partial charge in [0.1, 0.15) is 16.8 Å². The number of ether oxygens (including phenoxy) is 1. The molecule has 0 aliphatic carbocycles. The summed E-state index contributed by atoms with van der Waals surface area (Å²) in [5, 5.41) is 35.0. The summed E-state index contributed by atoms with van der Waals surface area (Å²) in [7, 11) is 1.26. The van der Waals surface area contributed by atoms with E-state index in [1.165, 1.54) is 30.6 Å². The van der Waals surface area contributed by atoms with Gasteiger partial charge in [-0.2, -0.15) is 5.26 Å². The molecule has 3 rings (SSSR count). The van der Waals surface area contributed by atoms with E-state index < -0.39 is 16.4 Å². The maximum atomic E-state index is 12.0. The maximum absolute atomic E-state index is 12.0. The fraction of sp³-hybridized carbons (Fsp3) is 0.143. The predicted octanol–water partition coefficient (Wildman–Crippen LogP) is 4.48. The lowest BCUT2D eigenvalue weighted by Gasteiger charge is -2.13. The van der Waals surface area contributed by atoms with Crippen LogP contribution in [0.15, 0.2) is 35.7 Å².